The molecule has 1 unspecified atom stereocenters. The largest absolute Gasteiger partial charge is 0.362 e. The van der Waals surface area contributed by atoms with E-state index in [9.17, 15) is 0 Å². The van der Waals surface area contributed by atoms with Crippen molar-refractivity contribution in [3.05, 3.63) is 0 Å². The molecule has 0 radical (unpaired) electrons. The zero-order chi connectivity index (χ0) is 4.41. The first-order chi connectivity index (χ1) is 2.89. The van der Waals surface area contributed by atoms with Crippen LogP contribution < -0.4 is 0 Å². The summed E-state index contributed by atoms with van der Waals surface area (Å²) in [5.41, 5.74) is 0.0185. The summed E-state index contributed by atoms with van der Waals surface area (Å²) < 4.78 is 4.92. The van der Waals surface area contributed by atoms with Gasteiger partial charge in [0.15, 0.2) is 0 Å². The Balaban J connectivity index is 0.000000360. The van der Waals surface area contributed by atoms with Gasteiger partial charge in [-0.15, -0.1) is 0 Å². The van der Waals surface area contributed by atoms with Crippen molar-refractivity contribution in [2.45, 2.75) is 18.4 Å². The molecule has 1 rings (SSSR count). The third kappa shape index (κ3) is 2.75. The molecule has 1 fully saturated rings. The fraction of sp³-hybridized carbons (Fsp3) is 1.00. The summed E-state index contributed by atoms with van der Waals surface area (Å²) in [4.78, 5) is 0. The van der Waals surface area contributed by atoms with Gasteiger partial charge in [-0.05, 0) is 12.8 Å². The van der Waals surface area contributed by atoms with Crippen molar-refractivity contribution in [1.82, 2.24) is 0 Å². The quantitative estimate of drug-likeness (QED) is 0.344. The van der Waals surface area contributed by atoms with Crippen molar-refractivity contribution in [3.8, 4) is 0 Å². The van der Waals surface area contributed by atoms with Crippen LogP contribution in [0.1, 0.15) is 12.8 Å². The Kier molecular flexibility index (Phi) is 4.53. The molecule has 1 atom stereocenters. The van der Waals surface area contributed by atoms with Crippen molar-refractivity contribution in [2.75, 3.05) is 6.61 Å². The first-order valence-electron chi connectivity index (χ1n) is 2.15. The fourth-order valence-corrected chi connectivity index (χ4v) is 0.782. The third-order valence-electron chi connectivity index (χ3n) is 0.874. The number of halogens is 1. The van der Waals surface area contributed by atoms with Gasteiger partial charge in [-0.1, -0.05) is 11.6 Å². The van der Waals surface area contributed by atoms with E-state index < -0.39 is 0 Å². The Labute approximate surface area is 64.5 Å². The van der Waals surface area contributed by atoms with Crippen LogP contribution in [0.4, 0.5) is 0 Å². The van der Waals surface area contributed by atoms with Crippen molar-refractivity contribution < 1.29 is 4.74 Å². The van der Waals surface area contributed by atoms with Gasteiger partial charge in [0.1, 0.15) is 5.56 Å². The predicted octanol–water partition coefficient (Wildman–Crippen LogP) is 0.446. The second-order valence-electron chi connectivity index (χ2n) is 1.42. The van der Waals surface area contributed by atoms with Crippen LogP contribution in [0.2, 0.25) is 0 Å². The number of ether oxygens (including phenoxy) is 1. The van der Waals surface area contributed by atoms with Gasteiger partial charge >= 0.3 is 23.1 Å². The minimum absolute atomic E-state index is 0. The summed E-state index contributed by atoms with van der Waals surface area (Å²) in [6, 6.07) is 0. The van der Waals surface area contributed by atoms with E-state index >= 15 is 0 Å². The van der Waals surface area contributed by atoms with Crippen LogP contribution in [0.3, 0.4) is 0 Å². The molecule has 1 aliphatic rings. The molecule has 1 heterocycles. The molecule has 0 aromatic heterocycles. The van der Waals surface area contributed by atoms with Gasteiger partial charge in [0, 0.05) is 6.61 Å². The molecule has 40 valence electrons. The van der Waals surface area contributed by atoms with Gasteiger partial charge in [-0.2, -0.15) is 0 Å². The minimum Gasteiger partial charge on any atom is -0.362 e. The molecule has 7 heavy (non-hydrogen) atoms. The number of hydrogen-bond acceptors (Lipinski definition) is 1. The normalized spacial score (nSPS) is 29.6. The SMILES string of the molecule is ClC1CCCO1.[MgH2]. The lowest BCUT2D eigenvalue weighted by atomic mass is 10.4. The highest BCUT2D eigenvalue weighted by atomic mass is 35.5. The Hall–Kier alpha value is 1.02. The lowest BCUT2D eigenvalue weighted by Gasteiger charge is -1.91. The lowest BCUT2D eigenvalue weighted by molar-refractivity contribution is 0.168. The first-order valence-corrected chi connectivity index (χ1v) is 2.59. The maximum Gasteiger partial charge on any atom is 0.316 e. The van der Waals surface area contributed by atoms with E-state index in [1.54, 1.807) is 0 Å². The highest BCUT2D eigenvalue weighted by Gasteiger charge is 2.09. The van der Waals surface area contributed by atoms with Crippen molar-refractivity contribution >= 4 is 34.7 Å². The molecule has 0 aliphatic carbocycles. The van der Waals surface area contributed by atoms with Crippen LogP contribution >= 0.6 is 11.6 Å². The third-order valence-corrected chi connectivity index (χ3v) is 1.22. The van der Waals surface area contributed by atoms with Crippen LogP contribution in [0.25, 0.3) is 0 Å². The summed E-state index contributed by atoms with van der Waals surface area (Å²) >= 11 is 5.49. The maximum atomic E-state index is 5.49. The summed E-state index contributed by atoms with van der Waals surface area (Å²) in [5, 5.41) is 0. The van der Waals surface area contributed by atoms with E-state index in [4.69, 9.17) is 16.3 Å². The van der Waals surface area contributed by atoms with Gasteiger partial charge < -0.3 is 4.74 Å². The molecule has 0 N–H and O–H groups in total. The average Bonchev–Trinajstić information content (AvgIpc) is 1.86. The van der Waals surface area contributed by atoms with Gasteiger partial charge in [-0.25, -0.2) is 0 Å². The van der Waals surface area contributed by atoms with Crippen molar-refractivity contribution in [3.63, 3.8) is 0 Å². The van der Waals surface area contributed by atoms with E-state index in [1.807, 2.05) is 0 Å². The van der Waals surface area contributed by atoms with Crippen molar-refractivity contribution in [2.24, 2.45) is 0 Å². The van der Waals surface area contributed by atoms with Crippen LogP contribution in [0.15, 0.2) is 0 Å². The van der Waals surface area contributed by atoms with Gasteiger partial charge in [0.2, 0.25) is 0 Å². The minimum atomic E-state index is 0. The molecule has 0 aromatic rings. The Morgan fingerprint density at radius 1 is 1.57 bits per heavy atom. The first kappa shape index (κ1) is 8.02. The molecule has 0 amide bonds. The van der Waals surface area contributed by atoms with Crippen LogP contribution in [-0.4, -0.2) is 35.2 Å². The summed E-state index contributed by atoms with van der Waals surface area (Å²) in [5.74, 6) is 0. The second kappa shape index (κ2) is 3.95. The van der Waals surface area contributed by atoms with E-state index in [-0.39, 0.29) is 28.6 Å². The van der Waals surface area contributed by atoms with E-state index in [2.05, 4.69) is 0 Å². The standard InChI is InChI=1S/C4H7ClO.Mg.2H/c5-4-2-1-3-6-4;;;/h4H,1-3H2;;;. The number of alkyl halides is 1. The molecule has 1 nitrogen and oxygen atoms in total. The zero-order valence-corrected chi connectivity index (χ0v) is 4.24. The smallest absolute Gasteiger partial charge is 0.316 e. The molecule has 0 saturated carbocycles. The Morgan fingerprint density at radius 2 is 2.29 bits per heavy atom. The summed E-state index contributed by atoms with van der Waals surface area (Å²) in [6.45, 7) is 0.855. The molecular formula is C4H9ClMgO. The highest BCUT2D eigenvalue weighted by molar-refractivity contribution is 6.19. The van der Waals surface area contributed by atoms with E-state index in [1.165, 1.54) is 0 Å². The average molecular weight is 133 g/mol. The van der Waals surface area contributed by atoms with Gasteiger partial charge in [-0.3, -0.25) is 0 Å². The van der Waals surface area contributed by atoms with E-state index in [0.717, 1.165) is 19.4 Å². The van der Waals surface area contributed by atoms with Crippen LogP contribution in [-0.2, 0) is 4.74 Å². The molecule has 0 aromatic carbocycles. The Bertz CT molecular complexity index is 45.0. The molecule has 3 heteroatoms. The number of rotatable bonds is 0. The van der Waals surface area contributed by atoms with E-state index in [0.29, 0.717) is 0 Å². The molecule has 1 saturated heterocycles. The predicted molar refractivity (Wildman–Crippen MR) is 33.4 cm³/mol. The summed E-state index contributed by atoms with van der Waals surface area (Å²) in [6.07, 6.45) is 2.16. The zero-order valence-electron chi connectivity index (χ0n) is 3.48. The molecular weight excluding hydrogens is 124 g/mol. The number of hydrogen-bond donors (Lipinski definition) is 0. The molecule has 1 aliphatic heterocycles. The Morgan fingerprint density at radius 3 is 2.43 bits per heavy atom. The monoisotopic (exact) mass is 132 g/mol. The lowest BCUT2D eigenvalue weighted by Crippen LogP contribution is -1.89. The summed E-state index contributed by atoms with van der Waals surface area (Å²) in [7, 11) is 0. The van der Waals surface area contributed by atoms with Crippen LogP contribution in [0, 0.1) is 0 Å². The highest BCUT2D eigenvalue weighted by Crippen LogP contribution is 2.14. The van der Waals surface area contributed by atoms with Gasteiger partial charge in [0.25, 0.3) is 0 Å². The maximum absolute atomic E-state index is 5.49. The fourth-order valence-electron chi connectivity index (χ4n) is 0.538. The molecule has 0 bridgehead atoms. The van der Waals surface area contributed by atoms with Crippen LogP contribution in [0.5, 0.6) is 0 Å². The topological polar surface area (TPSA) is 9.23 Å². The van der Waals surface area contributed by atoms with Gasteiger partial charge in [0.05, 0.1) is 0 Å². The second-order valence-corrected chi connectivity index (χ2v) is 1.91. The van der Waals surface area contributed by atoms with Crippen molar-refractivity contribution in [1.29, 1.82) is 0 Å². The molecule has 0 spiro atoms.